The van der Waals surface area contributed by atoms with E-state index in [1.165, 1.54) is 12.1 Å². The minimum atomic E-state index is -0.265. The normalized spacial score (nSPS) is 17.0. The van der Waals surface area contributed by atoms with Crippen LogP contribution < -0.4 is 15.5 Å². The average molecular weight is 396 g/mol. The summed E-state index contributed by atoms with van der Waals surface area (Å²) in [5, 5.41) is 7.66. The highest BCUT2D eigenvalue weighted by molar-refractivity contribution is 7.19. The molecular formula is C20H21FN6S. The molecule has 2 aromatic heterocycles. The van der Waals surface area contributed by atoms with Crippen LogP contribution >= 0.6 is 11.3 Å². The number of nitrogens with zero attached hydrogens (tertiary/aromatic N) is 4. The van der Waals surface area contributed by atoms with Gasteiger partial charge in [0, 0.05) is 44.0 Å². The minimum Gasteiger partial charge on any atom is -0.351 e. The Morgan fingerprint density at radius 3 is 2.79 bits per heavy atom. The van der Waals surface area contributed by atoms with E-state index >= 15 is 0 Å². The van der Waals surface area contributed by atoms with Gasteiger partial charge >= 0.3 is 0 Å². The van der Waals surface area contributed by atoms with Gasteiger partial charge in [-0.25, -0.2) is 19.3 Å². The summed E-state index contributed by atoms with van der Waals surface area (Å²) in [6.45, 7) is 3.70. The van der Waals surface area contributed by atoms with Crippen molar-refractivity contribution in [2.45, 2.75) is 18.9 Å². The first-order valence-electron chi connectivity index (χ1n) is 9.59. The number of rotatable bonds is 5. The van der Waals surface area contributed by atoms with Crippen LogP contribution in [0.2, 0.25) is 0 Å². The van der Waals surface area contributed by atoms with Crippen LogP contribution in [0, 0.1) is 5.82 Å². The standard InChI is InChI=1S/C20H21FN6S/c21-14-3-1-2-13(12-14)17-18(28-20(26-17)27-10-8-22-9-11-27)16-6-7-23-19(25-16)24-15-4-5-15/h1-3,6-7,12,15,22H,4-5,8-11H2,(H,23,24,25). The Labute approximate surface area is 166 Å². The van der Waals surface area contributed by atoms with Crippen molar-refractivity contribution in [2.24, 2.45) is 0 Å². The number of hydrogen-bond donors (Lipinski definition) is 2. The van der Waals surface area contributed by atoms with E-state index in [0.29, 0.717) is 12.0 Å². The van der Waals surface area contributed by atoms with Gasteiger partial charge in [0.05, 0.1) is 16.3 Å². The second-order valence-electron chi connectivity index (χ2n) is 7.11. The van der Waals surface area contributed by atoms with Gasteiger partial charge in [-0.15, -0.1) is 0 Å². The molecule has 2 fully saturated rings. The van der Waals surface area contributed by atoms with Crippen LogP contribution in [0.5, 0.6) is 0 Å². The summed E-state index contributed by atoms with van der Waals surface area (Å²) in [6.07, 6.45) is 4.10. The van der Waals surface area contributed by atoms with Gasteiger partial charge in [0.15, 0.2) is 5.13 Å². The summed E-state index contributed by atoms with van der Waals surface area (Å²) in [5.41, 5.74) is 2.35. The van der Waals surface area contributed by atoms with Gasteiger partial charge in [0.2, 0.25) is 5.95 Å². The lowest BCUT2D eigenvalue weighted by Crippen LogP contribution is -2.43. The molecule has 144 valence electrons. The first kappa shape index (κ1) is 17.5. The van der Waals surface area contributed by atoms with E-state index in [4.69, 9.17) is 9.97 Å². The molecule has 2 aliphatic rings. The molecule has 0 atom stereocenters. The number of anilines is 2. The molecule has 3 aromatic rings. The zero-order valence-electron chi connectivity index (χ0n) is 15.4. The fourth-order valence-corrected chi connectivity index (χ4v) is 4.38. The van der Waals surface area contributed by atoms with Crippen LogP contribution in [0.4, 0.5) is 15.5 Å². The van der Waals surface area contributed by atoms with Gasteiger partial charge in [-0.05, 0) is 31.0 Å². The summed E-state index contributed by atoms with van der Waals surface area (Å²) >= 11 is 1.61. The molecule has 1 saturated carbocycles. The average Bonchev–Trinajstić information content (AvgIpc) is 3.42. The van der Waals surface area contributed by atoms with Gasteiger partial charge in [0.25, 0.3) is 0 Å². The Morgan fingerprint density at radius 1 is 1.14 bits per heavy atom. The Balaban J connectivity index is 1.57. The Bertz CT molecular complexity index is 980. The van der Waals surface area contributed by atoms with Crippen LogP contribution in [0.15, 0.2) is 36.5 Å². The summed E-state index contributed by atoms with van der Waals surface area (Å²) in [4.78, 5) is 17.2. The molecule has 0 unspecified atom stereocenters. The highest BCUT2D eigenvalue weighted by Crippen LogP contribution is 2.40. The molecule has 2 N–H and O–H groups in total. The quantitative estimate of drug-likeness (QED) is 0.689. The number of benzene rings is 1. The van der Waals surface area contributed by atoms with E-state index in [1.807, 2.05) is 12.1 Å². The molecule has 1 aliphatic heterocycles. The van der Waals surface area contributed by atoms with Gasteiger partial charge in [-0.1, -0.05) is 23.5 Å². The smallest absolute Gasteiger partial charge is 0.223 e. The minimum absolute atomic E-state index is 0.265. The topological polar surface area (TPSA) is 66.0 Å². The van der Waals surface area contributed by atoms with Crippen molar-refractivity contribution in [1.82, 2.24) is 20.3 Å². The molecule has 1 aromatic carbocycles. The second kappa shape index (κ2) is 7.44. The van der Waals surface area contributed by atoms with Crippen LogP contribution in [-0.2, 0) is 0 Å². The van der Waals surface area contributed by atoms with Gasteiger partial charge in [0.1, 0.15) is 5.82 Å². The molecule has 8 heteroatoms. The van der Waals surface area contributed by atoms with Gasteiger partial charge < -0.3 is 15.5 Å². The third-order valence-electron chi connectivity index (χ3n) is 4.90. The Hall–Kier alpha value is -2.58. The summed E-state index contributed by atoms with van der Waals surface area (Å²) in [7, 11) is 0. The highest BCUT2D eigenvalue weighted by Gasteiger charge is 2.24. The molecule has 0 radical (unpaired) electrons. The number of thiazole rings is 1. The van der Waals surface area contributed by atoms with Crippen molar-refractivity contribution in [3.8, 4) is 21.8 Å². The molecule has 5 rings (SSSR count). The fraction of sp³-hybridized carbons (Fsp3) is 0.350. The van der Waals surface area contributed by atoms with Gasteiger partial charge in [-0.2, -0.15) is 0 Å². The van der Waals surface area contributed by atoms with Gasteiger partial charge in [-0.3, -0.25) is 0 Å². The number of aromatic nitrogens is 3. The maximum atomic E-state index is 13.9. The molecule has 1 saturated heterocycles. The number of halogens is 1. The van der Waals surface area contributed by atoms with Crippen molar-refractivity contribution < 1.29 is 4.39 Å². The monoisotopic (exact) mass is 396 g/mol. The molecule has 3 heterocycles. The lowest BCUT2D eigenvalue weighted by atomic mass is 10.1. The highest BCUT2D eigenvalue weighted by atomic mass is 32.1. The molecule has 0 amide bonds. The summed E-state index contributed by atoms with van der Waals surface area (Å²) < 4.78 is 13.9. The zero-order valence-corrected chi connectivity index (χ0v) is 16.2. The first-order chi connectivity index (χ1) is 13.8. The number of piperazine rings is 1. The van der Waals surface area contributed by atoms with Crippen LogP contribution in [0.1, 0.15) is 12.8 Å². The fourth-order valence-electron chi connectivity index (χ4n) is 3.27. The summed E-state index contributed by atoms with van der Waals surface area (Å²) in [5.74, 6) is 0.376. The maximum Gasteiger partial charge on any atom is 0.223 e. The maximum absolute atomic E-state index is 13.9. The molecule has 6 nitrogen and oxygen atoms in total. The molecule has 28 heavy (non-hydrogen) atoms. The Kier molecular flexibility index (Phi) is 4.66. The van der Waals surface area contributed by atoms with Crippen molar-refractivity contribution in [2.75, 3.05) is 36.4 Å². The zero-order chi connectivity index (χ0) is 18.9. The second-order valence-corrected chi connectivity index (χ2v) is 8.08. The van der Waals surface area contributed by atoms with Crippen molar-refractivity contribution in [3.05, 3.63) is 42.3 Å². The first-order valence-corrected chi connectivity index (χ1v) is 10.4. The lowest BCUT2D eigenvalue weighted by Gasteiger charge is -2.26. The van der Waals surface area contributed by atoms with E-state index in [2.05, 4.69) is 20.5 Å². The SMILES string of the molecule is Fc1cccc(-c2nc(N3CCNCC3)sc2-c2ccnc(NC3CC3)n2)c1. The lowest BCUT2D eigenvalue weighted by molar-refractivity contribution is 0.588. The van der Waals surface area contributed by atoms with Crippen LogP contribution in [-0.4, -0.2) is 47.2 Å². The van der Waals surface area contributed by atoms with E-state index < -0.39 is 0 Å². The third kappa shape index (κ3) is 3.70. The van der Waals surface area contributed by atoms with Crippen molar-refractivity contribution in [1.29, 1.82) is 0 Å². The molecular weight excluding hydrogens is 375 g/mol. The van der Waals surface area contributed by atoms with Crippen molar-refractivity contribution >= 4 is 22.4 Å². The predicted octanol–water partition coefficient (Wildman–Crippen LogP) is 3.39. The van der Waals surface area contributed by atoms with Crippen LogP contribution in [0.25, 0.3) is 21.8 Å². The van der Waals surface area contributed by atoms with Crippen molar-refractivity contribution in [3.63, 3.8) is 0 Å². The van der Waals surface area contributed by atoms with E-state index in [1.54, 1.807) is 23.6 Å². The largest absolute Gasteiger partial charge is 0.351 e. The van der Waals surface area contributed by atoms with E-state index in [9.17, 15) is 4.39 Å². The predicted molar refractivity (Wildman–Crippen MR) is 110 cm³/mol. The number of hydrogen-bond acceptors (Lipinski definition) is 7. The summed E-state index contributed by atoms with van der Waals surface area (Å²) in [6, 6.07) is 8.98. The molecule has 0 spiro atoms. The molecule has 1 aliphatic carbocycles. The van der Waals surface area contributed by atoms with E-state index in [0.717, 1.165) is 66.0 Å². The Morgan fingerprint density at radius 2 is 2.00 bits per heavy atom. The van der Waals surface area contributed by atoms with Crippen LogP contribution in [0.3, 0.4) is 0 Å². The molecule has 0 bridgehead atoms. The van der Waals surface area contributed by atoms with E-state index in [-0.39, 0.29) is 5.82 Å². The number of nitrogens with one attached hydrogen (secondary N) is 2. The third-order valence-corrected chi connectivity index (χ3v) is 6.04.